The van der Waals surface area contributed by atoms with Crippen LogP contribution in [-0.4, -0.2) is 23.5 Å². The van der Waals surface area contributed by atoms with Crippen LogP contribution in [0.5, 0.6) is 0 Å². The first kappa shape index (κ1) is 16.9. The minimum atomic E-state index is -0.336. The molecule has 5 nitrogen and oxygen atoms in total. The molecule has 1 N–H and O–H groups in total. The van der Waals surface area contributed by atoms with Crippen molar-refractivity contribution in [3.05, 3.63) is 72.1 Å². The fourth-order valence-electron chi connectivity index (χ4n) is 2.67. The van der Waals surface area contributed by atoms with E-state index < -0.39 is 0 Å². The molecule has 0 spiro atoms. The Kier molecular flexibility index (Phi) is 5.57. The van der Waals surface area contributed by atoms with Gasteiger partial charge in [-0.1, -0.05) is 18.2 Å². The summed E-state index contributed by atoms with van der Waals surface area (Å²) in [6.07, 6.45) is 8.94. The van der Waals surface area contributed by atoms with Crippen molar-refractivity contribution < 1.29 is 14.3 Å². The average molecular weight is 336 g/mol. The largest absolute Gasteiger partial charge is 0.462 e. The first-order valence-electron chi connectivity index (χ1n) is 8.37. The van der Waals surface area contributed by atoms with Crippen molar-refractivity contribution >= 4 is 17.6 Å². The van der Waals surface area contributed by atoms with E-state index in [1.807, 2.05) is 0 Å². The van der Waals surface area contributed by atoms with Gasteiger partial charge in [0.05, 0.1) is 12.2 Å². The Morgan fingerprint density at radius 3 is 2.64 bits per heavy atom. The molecule has 1 heterocycles. The molecule has 0 aliphatic heterocycles. The minimum Gasteiger partial charge on any atom is -0.462 e. The van der Waals surface area contributed by atoms with E-state index in [-0.39, 0.29) is 11.9 Å². The van der Waals surface area contributed by atoms with Crippen molar-refractivity contribution in [3.8, 4) is 0 Å². The maximum absolute atomic E-state index is 12.1. The van der Waals surface area contributed by atoms with Crippen LogP contribution in [0.2, 0.25) is 0 Å². The lowest BCUT2D eigenvalue weighted by Crippen LogP contribution is -2.16. The number of anilines is 1. The first-order chi connectivity index (χ1) is 12.2. The Bertz CT molecular complexity index is 754. The number of carbonyl (C=O) groups excluding carboxylic acids is 2. The highest BCUT2D eigenvalue weighted by molar-refractivity contribution is 6.03. The quantitative estimate of drug-likeness (QED) is 0.665. The fraction of sp³-hybridized carbons (Fsp3) is 0.250. The van der Waals surface area contributed by atoms with Gasteiger partial charge in [0.1, 0.15) is 5.69 Å². The predicted molar refractivity (Wildman–Crippen MR) is 95.4 cm³/mol. The van der Waals surface area contributed by atoms with E-state index in [0.29, 0.717) is 29.5 Å². The van der Waals surface area contributed by atoms with Crippen LogP contribution in [0.4, 0.5) is 5.69 Å². The number of ether oxygens (including phenoxy) is 1. The zero-order valence-electron chi connectivity index (χ0n) is 13.9. The summed E-state index contributed by atoms with van der Waals surface area (Å²) >= 11 is 0. The summed E-state index contributed by atoms with van der Waals surface area (Å²) in [5.41, 5.74) is 1.42. The van der Waals surface area contributed by atoms with Gasteiger partial charge in [-0.25, -0.2) is 4.79 Å². The third-order valence-corrected chi connectivity index (χ3v) is 4.10. The third-order valence-electron chi connectivity index (χ3n) is 4.10. The molecule has 0 radical (unpaired) electrons. The molecule has 1 aliphatic rings. The lowest BCUT2D eigenvalue weighted by molar-refractivity contribution is 0.0432. The number of allylic oxidation sites excluding steroid dienone is 2. The predicted octanol–water partition coefficient (Wildman–Crippen LogP) is 3.85. The molecule has 25 heavy (non-hydrogen) atoms. The van der Waals surface area contributed by atoms with Gasteiger partial charge in [-0.2, -0.15) is 0 Å². The molecule has 1 amide bonds. The zero-order valence-corrected chi connectivity index (χ0v) is 13.9. The highest BCUT2D eigenvalue weighted by atomic mass is 16.5. The molecule has 1 aliphatic carbocycles. The molecule has 1 atom stereocenters. The number of hydrogen-bond acceptors (Lipinski definition) is 4. The van der Waals surface area contributed by atoms with Crippen LogP contribution in [0.15, 0.2) is 60.8 Å². The molecule has 0 fully saturated rings. The third kappa shape index (κ3) is 4.76. The second-order valence-electron chi connectivity index (χ2n) is 6.00. The number of hydrogen-bond donors (Lipinski definition) is 1. The van der Waals surface area contributed by atoms with Crippen molar-refractivity contribution in [1.29, 1.82) is 0 Å². The lowest BCUT2D eigenvalue weighted by atomic mass is 9.95. The topological polar surface area (TPSA) is 68.3 Å². The molecule has 1 aromatic heterocycles. The summed E-state index contributed by atoms with van der Waals surface area (Å²) in [5, 5.41) is 2.75. The number of nitrogens with zero attached hydrogens (tertiary/aromatic N) is 1. The Morgan fingerprint density at radius 2 is 1.96 bits per heavy atom. The van der Waals surface area contributed by atoms with E-state index in [2.05, 4.69) is 22.5 Å². The molecule has 3 rings (SSSR count). The van der Waals surface area contributed by atoms with Gasteiger partial charge < -0.3 is 10.1 Å². The average Bonchev–Trinajstić information content (AvgIpc) is 2.68. The van der Waals surface area contributed by atoms with Gasteiger partial charge in [0, 0.05) is 11.9 Å². The number of pyridine rings is 1. The van der Waals surface area contributed by atoms with E-state index >= 15 is 0 Å². The van der Waals surface area contributed by atoms with Crippen molar-refractivity contribution in [2.45, 2.75) is 19.3 Å². The smallest absolute Gasteiger partial charge is 0.338 e. The van der Waals surface area contributed by atoms with E-state index in [1.54, 1.807) is 48.7 Å². The van der Waals surface area contributed by atoms with Gasteiger partial charge in [-0.15, -0.1) is 0 Å². The Balaban J connectivity index is 1.53. The molecule has 0 saturated carbocycles. The van der Waals surface area contributed by atoms with Crippen LogP contribution in [0.3, 0.4) is 0 Å². The molecular weight excluding hydrogens is 316 g/mol. The highest BCUT2D eigenvalue weighted by Crippen LogP contribution is 2.19. The number of benzene rings is 1. The highest BCUT2D eigenvalue weighted by Gasteiger charge is 2.14. The van der Waals surface area contributed by atoms with Crippen molar-refractivity contribution in [1.82, 2.24) is 4.98 Å². The first-order valence-corrected chi connectivity index (χ1v) is 8.37. The van der Waals surface area contributed by atoms with Crippen LogP contribution in [0, 0.1) is 5.92 Å². The fourth-order valence-corrected chi connectivity index (χ4v) is 2.67. The number of rotatable bonds is 5. The normalized spacial score (nSPS) is 16.2. The van der Waals surface area contributed by atoms with Crippen LogP contribution in [0.25, 0.3) is 0 Å². The molecular formula is C20H20N2O3. The molecule has 1 unspecified atom stereocenters. The Labute approximate surface area is 146 Å². The van der Waals surface area contributed by atoms with Gasteiger partial charge >= 0.3 is 5.97 Å². The standard InChI is InChI=1S/C20H20N2O3/c23-19(18-8-4-5-13-21-18)22-17-11-9-16(10-12-17)20(24)25-14-15-6-2-1-3-7-15/h1-2,4-5,8-13,15H,3,6-7,14H2,(H,22,23). The summed E-state index contributed by atoms with van der Waals surface area (Å²) in [5.74, 6) is -0.218. The van der Waals surface area contributed by atoms with Crippen molar-refractivity contribution in [2.75, 3.05) is 11.9 Å². The van der Waals surface area contributed by atoms with Gasteiger partial charge in [0.2, 0.25) is 0 Å². The van der Waals surface area contributed by atoms with Gasteiger partial charge in [-0.05, 0) is 61.6 Å². The summed E-state index contributed by atoms with van der Waals surface area (Å²) in [6, 6.07) is 11.8. The SMILES string of the molecule is O=C(OCC1CC=CCC1)c1ccc(NC(=O)c2ccccn2)cc1. The molecule has 5 heteroatoms. The number of aromatic nitrogens is 1. The molecule has 0 bridgehead atoms. The number of carbonyl (C=O) groups is 2. The minimum absolute atomic E-state index is 0.290. The Hall–Kier alpha value is -2.95. The molecule has 0 saturated heterocycles. The van der Waals surface area contributed by atoms with Gasteiger partial charge in [0.25, 0.3) is 5.91 Å². The van der Waals surface area contributed by atoms with E-state index in [4.69, 9.17) is 4.74 Å². The second-order valence-corrected chi connectivity index (χ2v) is 6.00. The molecule has 1 aromatic carbocycles. The van der Waals surface area contributed by atoms with Crippen LogP contribution >= 0.6 is 0 Å². The zero-order chi connectivity index (χ0) is 17.5. The monoisotopic (exact) mass is 336 g/mol. The van der Waals surface area contributed by atoms with Crippen molar-refractivity contribution in [3.63, 3.8) is 0 Å². The van der Waals surface area contributed by atoms with E-state index in [0.717, 1.165) is 19.3 Å². The molecule has 128 valence electrons. The summed E-state index contributed by atoms with van der Waals surface area (Å²) < 4.78 is 5.39. The number of nitrogens with one attached hydrogen (secondary N) is 1. The number of esters is 1. The summed E-state index contributed by atoms with van der Waals surface area (Å²) in [6.45, 7) is 0.446. The lowest BCUT2D eigenvalue weighted by Gasteiger charge is -2.17. The number of amides is 1. The Morgan fingerprint density at radius 1 is 1.12 bits per heavy atom. The summed E-state index contributed by atoms with van der Waals surface area (Å²) in [7, 11) is 0. The second kappa shape index (κ2) is 8.24. The van der Waals surface area contributed by atoms with Crippen LogP contribution < -0.4 is 5.32 Å². The van der Waals surface area contributed by atoms with Gasteiger partial charge in [0.15, 0.2) is 0 Å². The summed E-state index contributed by atoms with van der Waals surface area (Å²) in [4.78, 5) is 28.1. The van der Waals surface area contributed by atoms with Crippen LogP contribution in [-0.2, 0) is 4.74 Å². The maximum atomic E-state index is 12.1. The van der Waals surface area contributed by atoms with E-state index in [9.17, 15) is 9.59 Å². The van der Waals surface area contributed by atoms with Gasteiger partial charge in [-0.3, -0.25) is 9.78 Å². The van der Waals surface area contributed by atoms with E-state index in [1.165, 1.54) is 0 Å². The van der Waals surface area contributed by atoms with Crippen LogP contribution in [0.1, 0.15) is 40.1 Å². The van der Waals surface area contributed by atoms with Crippen molar-refractivity contribution in [2.24, 2.45) is 5.92 Å². The maximum Gasteiger partial charge on any atom is 0.338 e. The molecule has 2 aromatic rings.